The van der Waals surface area contributed by atoms with Crippen molar-refractivity contribution in [1.29, 1.82) is 0 Å². The van der Waals surface area contributed by atoms with E-state index in [1.54, 1.807) is 0 Å². The highest BCUT2D eigenvalue weighted by Gasteiger charge is 2.37. The maximum atomic E-state index is 13.9. The largest absolute Gasteiger partial charge is 0.489 e. The third-order valence-corrected chi connectivity index (χ3v) is 10.8. The first kappa shape index (κ1) is 40.2. The molecule has 3 atom stereocenters. The number of hydrogen-bond acceptors (Lipinski definition) is 7. The summed E-state index contributed by atoms with van der Waals surface area (Å²) in [5.41, 5.74) is 6.82. The topological polar surface area (TPSA) is 114 Å². The van der Waals surface area contributed by atoms with Gasteiger partial charge in [-0.1, -0.05) is 91.9 Å². The van der Waals surface area contributed by atoms with Crippen molar-refractivity contribution in [3.8, 4) is 28.3 Å². The standard InChI is InChI=1S/C47H54N8O3.2H2/c1-6-27-54(46(56)43(52(2)3)36-14-9-7-10-15-36)31-42-48-29-39(50-42)35-23-25-38(26-24-35)58-32-33-19-21-34(22-20-33)40-30-49-45(51-40)41-18-13-28-55(41)47(57)44(53(4)5)37-16-11-8-12-17-37;;/h7-12,14-17,19-26,29-30,41,43-44H,6,13,18,27-28,31-32H2,1-5H3,(H,48,50)(H,49,51);2*1H/t41-,43?,44+;;/m0../s1. The predicted octanol–water partition coefficient (Wildman–Crippen LogP) is 8.55. The number of H-pyrrole nitrogens is 2. The van der Waals surface area contributed by atoms with Gasteiger partial charge in [-0.15, -0.1) is 0 Å². The minimum absolute atomic E-state index is 0. The molecule has 1 aliphatic rings. The van der Waals surface area contributed by atoms with Gasteiger partial charge in [-0.25, -0.2) is 9.97 Å². The molecule has 1 saturated heterocycles. The fourth-order valence-corrected chi connectivity index (χ4v) is 7.88. The summed E-state index contributed by atoms with van der Waals surface area (Å²) in [5.74, 6) is 2.48. The number of ether oxygens (including phenoxy) is 1. The van der Waals surface area contributed by atoms with Crippen LogP contribution < -0.4 is 4.74 Å². The molecule has 11 heteroatoms. The van der Waals surface area contributed by atoms with Gasteiger partial charge in [-0.05, 0) is 99.5 Å². The van der Waals surface area contributed by atoms with Crippen LogP contribution in [0.1, 0.15) is 75.5 Å². The number of likely N-dealkylation sites (N-methyl/N-ethyl adjacent to an activating group) is 2. The summed E-state index contributed by atoms with van der Waals surface area (Å²) in [4.78, 5) is 51.8. The lowest BCUT2D eigenvalue weighted by Crippen LogP contribution is -2.40. The van der Waals surface area contributed by atoms with Gasteiger partial charge < -0.3 is 24.5 Å². The van der Waals surface area contributed by atoms with E-state index in [4.69, 9.17) is 9.72 Å². The number of imidazole rings is 2. The highest BCUT2D eigenvalue weighted by Crippen LogP contribution is 2.35. The Morgan fingerprint density at radius 2 is 1.36 bits per heavy atom. The molecule has 0 bridgehead atoms. The van der Waals surface area contributed by atoms with Crippen molar-refractivity contribution in [1.82, 2.24) is 39.5 Å². The molecule has 11 nitrogen and oxygen atoms in total. The second-order valence-corrected chi connectivity index (χ2v) is 15.4. The SMILES string of the molecule is CCCN(Cc1ncc(-c2ccc(OCc3ccc(-c4cnc([C@@H]5CCCN5C(=O)[C@@H](c5ccccc5)N(C)C)[nH]4)cc3)cc2)[nH]1)C(=O)C(c1ccccc1)N(C)C.[HH].[HH]. The number of rotatable bonds is 16. The first-order chi connectivity index (χ1) is 28.2. The minimum atomic E-state index is -0.368. The first-order valence-electron chi connectivity index (χ1n) is 20.1. The van der Waals surface area contributed by atoms with Crippen molar-refractivity contribution < 1.29 is 17.2 Å². The minimum Gasteiger partial charge on any atom is -0.489 e. The van der Waals surface area contributed by atoms with Crippen LogP contribution in [0.3, 0.4) is 0 Å². The van der Waals surface area contributed by atoms with E-state index >= 15 is 0 Å². The number of carbonyl (C=O) groups excluding carboxylic acids is 2. The average molecular weight is 783 g/mol. The van der Waals surface area contributed by atoms with Crippen LogP contribution in [0, 0.1) is 0 Å². The van der Waals surface area contributed by atoms with E-state index in [1.807, 2.05) is 145 Å². The zero-order chi connectivity index (χ0) is 40.6. The molecular formula is C47H58N8O3. The number of nitrogens with one attached hydrogen (secondary N) is 2. The predicted molar refractivity (Wildman–Crippen MR) is 232 cm³/mol. The summed E-state index contributed by atoms with van der Waals surface area (Å²) in [6, 6.07) is 35.3. The van der Waals surface area contributed by atoms with Crippen LogP contribution in [-0.2, 0) is 22.7 Å². The molecule has 0 spiro atoms. The molecule has 2 N–H and O–H groups in total. The Kier molecular flexibility index (Phi) is 12.8. The van der Waals surface area contributed by atoms with Gasteiger partial charge in [0.15, 0.2) is 0 Å². The maximum Gasteiger partial charge on any atom is 0.245 e. The maximum absolute atomic E-state index is 13.9. The Morgan fingerprint density at radius 3 is 1.98 bits per heavy atom. The molecule has 2 amide bonds. The van der Waals surface area contributed by atoms with Gasteiger partial charge in [0, 0.05) is 15.9 Å². The lowest BCUT2D eigenvalue weighted by molar-refractivity contribution is -0.138. The van der Waals surface area contributed by atoms with E-state index in [-0.39, 0.29) is 32.8 Å². The van der Waals surface area contributed by atoms with Crippen molar-refractivity contribution >= 4 is 11.8 Å². The Morgan fingerprint density at radius 1 is 0.776 bits per heavy atom. The van der Waals surface area contributed by atoms with Crippen molar-refractivity contribution in [3.05, 3.63) is 150 Å². The molecule has 0 aliphatic carbocycles. The van der Waals surface area contributed by atoms with Crippen molar-refractivity contribution in [2.24, 2.45) is 0 Å². The summed E-state index contributed by atoms with van der Waals surface area (Å²) in [6.45, 7) is 4.26. The number of nitrogens with zero attached hydrogens (tertiary/aromatic N) is 6. The zero-order valence-electron chi connectivity index (χ0n) is 34.1. The normalized spacial score (nSPS) is 15.2. The summed E-state index contributed by atoms with van der Waals surface area (Å²) in [7, 11) is 7.79. The van der Waals surface area contributed by atoms with Gasteiger partial charge in [-0.2, -0.15) is 0 Å². The molecule has 0 radical (unpaired) electrons. The van der Waals surface area contributed by atoms with Crippen LogP contribution >= 0.6 is 0 Å². The van der Waals surface area contributed by atoms with Gasteiger partial charge in [0.05, 0.1) is 36.4 Å². The molecule has 1 unspecified atom stereocenters. The van der Waals surface area contributed by atoms with E-state index in [2.05, 4.69) is 46.1 Å². The van der Waals surface area contributed by atoms with Crippen LogP contribution in [0.2, 0.25) is 0 Å². The smallest absolute Gasteiger partial charge is 0.245 e. The van der Waals surface area contributed by atoms with Crippen LogP contribution in [0.25, 0.3) is 22.5 Å². The van der Waals surface area contributed by atoms with Gasteiger partial charge >= 0.3 is 0 Å². The molecule has 1 aliphatic heterocycles. The lowest BCUT2D eigenvalue weighted by atomic mass is 10.0. The first-order valence-corrected chi connectivity index (χ1v) is 20.1. The average Bonchev–Trinajstić information content (AvgIpc) is 4.03. The number of aromatic amines is 2. The molecular weight excluding hydrogens is 725 g/mol. The third kappa shape index (κ3) is 9.22. The Balaban J connectivity index is 0.00000341. The van der Waals surface area contributed by atoms with E-state index in [1.165, 1.54) is 0 Å². The molecule has 3 heterocycles. The fraction of sp³-hybridized carbons (Fsp3) is 0.319. The molecule has 4 aromatic carbocycles. The second kappa shape index (κ2) is 18.5. The highest BCUT2D eigenvalue weighted by atomic mass is 16.5. The highest BCUT2D eigenvalue weighted by molar-refractivity contribution is 5.84. The van der Waals surface area contributed by atoms with Crippen LogP contribution in [0.15, 0.2) is 122 Å². The summed E-state index contributed by atoms with van der Waals surface area (Å²) in [5, 5.41) is 0. The van der Waals surface area contributed by atoms with Crippen LogP contribution in [-0.4, -0.2) is 92.6 Å². The monoisotopic (exact) mass is 782 g/mol. The van der Waals surface area contributed by atoms with Crippen LogP contribution in [0.4, 0.5) is 0 Å². The second-order valence-electron chi connectivity index (χ2n) is 15.4. The van der Waals surface area contributed by atoms with Crippen molar-refractivity contribution in [3.63, 3.8) is 0 Å². The molecule has 7 rings (SSSR count). The fourth-order valence-electron chi connectivity index (χ4n) is 7.88. The Hall–Kier alpha value is -6.04. The summed E-state index contributed by atoms with van der Waals surface area (Å²) in [6.07, 6.45) is 6.35. The molecule has 304 valence electrons. The number of aromatic nitrogens is 4. The Labute approximate surface area is 344 Å². The third-order valence-electron chi connectivity index (χ3n) is 10.8. The number of hydrogen-bond donors (Lipinski definition) is 2. The summed E-state index contributed by atoms with van der Waals surface area (Å²) >= 11 is 0. The summed E-state index contributed by atoms with van der Waals surface area (Å²) < 4.78 is 6.16. The zero-order valence-corrected chi connectivity index (χ0v) is 34.1. The number of benzene rings is 4. The molecule has 2 aromatic heterocycles. The van der Waals surface area contributed by atoms with E-state index in [0.717, 1.165) is 75.9 Å². The van der Waals surface area contributed by atoms with Crippen molar-refractivity contribution in [2.75, 3.05) is 41.3 Å². The van der Waals surface area contributed by atoms with Gasteiger partial charge in [-0.3, -0.25) is 19.4 Å². The van der Waals surface area contributed by atoms with Gasteiger partial charge in [0.2, 0.25) is 11.8 Å². The van der Waals surface area contributed by atoms with E-state index in [0.29, 0.717) is 26.2 Å². The Bertz CT molecular complexity index is 2250. The van der Waals surface area contributed by atoms with Gasteiger partial charge in [0.25, 0.3) is 0 Å². The van der Waals surface area contributed by atoms with Crippen LogP contribution in [0.5, 0.6) is 5.75 Å². The van der Waals surface area contributed by atoms with Gasteiger partial charge in [0.1, 0.15) is 36.1 Å². The quantitative estimate of drug-likeness (QED) is 0.101. The lowest BCUT2D eigenvalue weighted by Gasteiger charge is -2.31. The molecule has 0 saturated carbocycles. The number of amides is 2. The molecule has 6 aromatic rings. The molecule has 1 fully saturated rings. The number of likely N-dealkylation sites (tertiary alicyclic amines) is 1. The van der Waals surface area contributed by atoms with E-state index in [9.17, 15) is 9.59 Å². The van der Waals surface area contributed by atoms with Crippen molar-refractivity contribution in [2.45, 2.75) is 57.5 Å². The molecule has 58 heavy (non-hydrogen) atoms. The number of carbonyl (C=O) groups is 2. The van der Waals surface area contributed by atoms with E-state index < -0.39 is 0 Å².